The van der Waals surface area contributed by atoms with E-state index in [2.05, 4.69) is 51.2 Å². The van der Waals surface area contributed by atoms with Crippen LogP contribution in [0.3, 0.4) is 0 Å². The first kappa shape index (κ1) is 57.6. The van der Waals surface area contributed by atoms with Crippen molar-refractivity contribution in [3.63, 3.8) is 0 Å². The van der Waals surface area contributed by atoms with Gasteiger partial charge in [0.25, 0.3) is 0 Å². The molecule has 0 aromatic rings. The minimum Gasteiger partial charge on any atom is -0.462 e. The number of carbonyl (C=O) groups excluding carboxylic acids is 3. The van der Waals surface area contributed by atoms with E-state index in [1.165, 1.54) is 180 Å². The van der Waals surface area contributed by atoms with Gasteiger partial charge in [-0.3, -0.25) is 14.4 Å². The van der Waals surface area contributed by atoms with Crippen LogP contribution in [0.15, 0.2) is 36.5 Å². The molecule has 0 aliphatic rings. The van der Waals surface area contributed by atoms with E-state index in [1.807, 2.05) is 6.08 Å². The fraction of sp³-hybridized carbons (Fsp3) is 0.833. The van der Waals surface area contributed by atoms with Crippen LogP contribution in [0.4, 0.5) is 0 Å². The van der Waals surface area contributed by atoms with Gasteiger partial charge in [-0.05, 0) is 51.4 Å². The quantitative estimate of drug-likeness (QED) is 0.0263. The third kappa shape index (κ3) is 46.7. The number of hydrogen-bond donors (Lipinski definition) is 0. The van der Waals surface area contributed by atoms with Crippen LogP contribution >= 0.6 is 0 Å². The van der Waals surface area contributed by atoms with Crippen LogP contribution in [0.2, 0.25) is 0 Å². The van der Waals surface area contributed by atoms with Gasteiger partial charge >= 0.3 is 17.9 Å². The van der Waals surface area contributed by atoms with Crippen LogP contribution in [-0.4, -0.2) is 37.2 Å². The predicted molar refractivity (Wildman–Crippen MR) is 256 cm³/mol. The first-order valence-corrected chi connectivity index (χ1v) is 26.0. The van der Waals surface area contributed by atoms with E-state index >= 15 is 0 Å². The highest BCUT2D eigenvalue weighted by molar-refractivity contribution is 5.71. The largest absolute Gasteiger partial charge is 0.462 e. The Kier molecular flexibility index (Phi) is 47.3. The Morgan fingerprint density at radius 3 is 1.05 bits per heavy atom. The fourth-order valence-electron chi connectivity index (χ4n) is 7.45. The van der Waals surface area contributed by atoms with Crippen LogP contribution in [0.1, 0.15) is 271 Å². The van der Waals surface area contributed by atoms with Gasteiger partial charge in [0.05, 0.1) is 0 Å². The van der Waals surface area contributed by atoms with E-state index in [-0.39, 0.29) is 44.0 Å². The maximum atomic E-state index is 12.8. The molecule has 350 valence electrons. The van der Waals surface area contributed by atoms with Gasteiger partial charge in [0.1, 0.15) is 13.2 Å². The molecule has 0 bridgehead atoms. The van der Waals surface area contributed by atoms with Crippen molar-refractivity contribution in [3.05, 3.63) is 36.5 Å². The summed E-state index contributed by atoms with van der Waals surface area (Å²) in [5.41, 5.74) is 0. The zero-order chi connectivity index (χ0) is 43.7. The lowest BCUT2D eigenvalue weighted by Crippen LogP contribution is -2.30. The van der Waals surface area contributed by atoms with Crippen LogP contribution in [0, 0.1) is 0 Å². The summed E-state index contributed by atoms with van der Waals surface area (Å²) in [4.78, 5) is 37.9. The molecule has 6 heteroatoms. The number of esters is 3. The summed E-state index contributed by atoms with van der Waals surface area (Å²) < 4.78 is 16.7. The lowest BCUT2D eigenvalue weighted by molar-refractivity contribution is -0.166. The molecule has 0 amide bonds. The normalized spacial score (nSPS) is 12.2. The van der Waals surface area contributed by atoms with Crippen molar-refractivity contribution < 1.29 is 28.6 Å². The van der Waals surface area contributed by atoms with E-state index in [4.69, 9.17) is 14.2 Å². The van der Waals surface area contributed by atoms with Gasteiger partial charge in [0, 0.05) is 19.3 Å². The summed E-state index contributed by atoms with van der Waals surface area (Å²) in [5.74, 6) is -1.01. The van der Waals surface area contributed by atoms with E-state index in [0.29, 0.717) is 19.3 Å². The van der Waals surface area contributed by atoms with Gasteiger partial charge in [-0.15, -0.1) is 0 Å². The first-order valence-electron chi connectivity index (χ1n) is 26.0. The summed E-state index contributed by atoms with van der Waals surface area (Å²) in [7, 11) is 0. The number of unbranched alkanes of at least 4 members (excludes halogenated alkanes) is 30. The summed E-state index contributed by atoms with van der Waals surface area (Å²) >= 11 is 0. The molecule has 0 aliphatic carbocycles. The van der Waals surface area contributed by atoms with Crippen LogP contribution in [0.5, 0.6) is 0 Å². The van der Waals surface area contributed by atoms with Gasteiger partial charge < -0.3 is 14.2 Å². The van der Waals surface area contributed by atoms with Crippen LogP contribution in [-0.2, 0) is 28.6 Å². The smallest absolute Gasteiger partial charge is 0.306 e. The lowest BCUT2D eigenvalue weighted by Gasteiger charge is -2.18. The first-order chi connectivity index (χ1) is 29.5. The van der Waals surface area contributed by atoms with Gasteiger partial charge in [-0.25, -0.2) is 0 Å². The molecule has 0 aromatic carbocycles. The summed E-state index contributed by atoms with van der Waals surface area (Å²) in [6, 6.07) is 0. The zero-order valence-corrected chi connectivity index (χ0v) is 40.0. The molecular formula is C54H98O6. The van der Waals surface area contributed by atoms with Crippen molar-refractivity contribution in [1.82, 2.24) is 0 Å². The van der Waals surface area contributed by atoms with E-state index in [9.17, 15) is 14.4 Å². The topological polar surface area (TPSA) is 78.9 Å². The SMILES string of the molecule is CCCCCCCCCCC=CCC=CCCC(=O)OCC(COC(=O)CCCCCCCCCCCCCC)OC(=O)CCC=CCCCCCCCCCCCCC. The fourth-order valence-corrected chi connectivity index (χ4v) is 7.45. The second-order valence-electron chi connectivity index (χ2n) is 17.4. The van der Waals surface area contributed by atoms with E-state index < -0.39 is 6.10 Å². The number of carbonyl (C=O) groups is 3. The highest BCUT2D eigenvalue weighted by atomic mass is 16.6. The molecule has 0 saturated heterocycles. The summed E-state index contributed by atoms with van der Waals surface area (Å²) in [5, 5.41) is 0. The lowest BCUT2D eigenvalue weighted by atomic mass is 10.0. The average molecular weight is 843 g/mol. The second kappa shape index (κ2) is 49.3. The van der Waals surface area contributed by atoms with Gasteiger partial charge in [0.15, 0.2) is 6.10 Å². The standard InChI is InChI=1S/C54H98O6/c1-4-7-10-13-16-19-22-25-27-29-32-35-38-41-44-47-53(56)59-50-51(49-58-52(55)46-43-40-37-34-31-24-21-18-15-12-9-6-3)60-54(57)48-45-42-39-36-33-30-28-26-23-20-17-14-11-8-5-2/h29,32,38-39,41-42,51H,4-28,30-31,33-37,40,43-50H2,1-3H3. The molecule has 0 radical (unpaired) electrons. The Balaban J connectivity index is 4.45. The summed E-state index contributed by atoms with van der Waals surface area (Å²) in [6.45, 7) is 6.57. The van der Waals surface area contributed by atoms with Crippen molar-refractivity contribution in [1.29, 1.82) is 0 Å². The Labute approximate surface area is 372 Å². The number of allylic oxidation sites excluding steroid dienone is 6. The van der Waals surface area contributed by atoms with Crippen molar-refractivity contribution in [2.24, 2.45) is 0 Å². The van der Waals surface area contributed by atoms with E-state index in [0.717, 1.165) is 38.5 Å². The highest BCUT2D eigenvalue weighted by Gasteiger charge is 2.19. The molecule has 0 spiro atoms. The molecular weight excluding hydrogens is 745 g/mol. The Bertz CT molecular complexity index is 1020. The number of hydrogen-bond acceptors (Lipinski definition) is 6. The van der Waals surface area contributed by atoms with Gasteiger partial charge in [-0.1, -0.05) is 237 Å². The van der Waals surface area contributed by atoms with Crippen molar-refractivity contribution in [2.75, 3.05) is 13.2 Å². The zero-order valence-electron chi connectivity index (χ0n) is 40.0. The molecule has 0 rings (SSSR count). The van der Waals surface area contributed by atoms with Crippen molar-refractivity contribution >= 4 is 17.9 Å². The molecule has 6 nitrogen and oxygen atoms in total. The number of ether oxygens (including phenoxy) is 3. The predicted octanol–water partition coefficient (Wildman–Crippen LogP) is 16.9. The molecule has 0 aliphatic heterocycles. The third-order valence-electron chi connectivity index (χ3n) is 11.4. The Morgan fingerprint density at radius 1 is 0.333 bits per heavy atom. The maximum absolute atomic E-state index is 12.8. The summed E-state index contributed by atoms with van der Waals surface area (Å²) in [6.07, 6.45) is 57.2. The Hall–Kier alpha value is -2.37. The maximum Gasteiger partial charge on any atom is 0.306 e. The molecule has 1 unspecified atom stereocenters. The van der Waals surface area contributed by atoms with Crippen LogP contribution in [0.25, 0.3) is 0 Å². The molecule has 0 aromatic heterocycles. The minimum absolute atomic E-state index is 0.101. The molecule has 0 N–H and O–H groups in total. The average Bonchev–Trinajstić information content (AvgIpc) is 3.24. The highest BCUT2D eigenvalue weighted by Crippen LogP contribution is 2.15. The third-order valence-corrected chi connectivity index (χ3v) is 11.4. The molecule has 60 heavy (non-hydrogen) atoms. The molecule has 0 saturated carbocycles. The Morgan fingerprint density at radius 2 is 0.633 bits per heavy atom. The monoisotopic (exact) mass is 843 g/mol. The van der Waals surface area contributed by atoms with Crippen molar-refractivity contribution in [2.45, 2.75) is 277 Å². The minimum atomic E-state index is -0.811. The molecule has 0 fully saturated rings. The number of rotatable bonds is 47. The molecule has 0 heterocycles. The molecule has 1 atom stereocenters. The second-order valence-corrected chi connectivity index (χ2v) is 17.4. The van der Waals surface area contributed by atoms with Crippen molar-refractivity contribution in [3.8, 4) is 0 Å². The van der Waals surface area contributed by atoms with Gasteiger partial charge in [-0.2, -0.15) is 0 Å². The van der Waals surface area contributed by atoms with Gasteiger partial charge in [0.2, 0.25) is 0 Å². The van der Waals surface area contributed by atoms with Crippen LogP contribution < -0.4 is 0 Å². The van der Waals surface area contributed by atoms with E-state index in [1.54, 1.807) is 0 Å².